The van der Waals surface area contributed by atoms with Crippen molar-refractivity contribution in [2.75, 3.05) is 0 Å². The first-order chi connectivity index (χ1) is 10.8. The van der Waals surface area contributed by atoms with Crippen LogP contribution in [0.1, 0.15) is 77.0 Å². The standard InChI is InChI=1S/C21H32O/c22-21-18-12-10-13-5-1-3-7-15(13)19(18)17-11-9-14-6-2-4-8-16(14)20(17)21/h13-20H,1-12H2. The minimum Gasteiger partial charge on any atom is -0.299 e. The minimum atomic E-state index is 0.495. The van der Waals surface area contributed by atoms with Crippen LogP contribution in [0.4, 0.5) is 0 Å². The lowest BCUT2D eigenvalue weighted by Crippen LogP contribution is -2.40. The van der Waals surface area contributed by atoms with Gasteiger partial charge in [-0.2, -0.15) is 0 Å². The highest BCUT2D eigenvalue weighted by molar-refractivity contribution is 5.87. The van der Waals surface area contributed by atoms with E-state index < -0.39 is 0 Å². The highest BCUT2D eigenvalue weighted by Gasteiger charge is 2.59. The molecule has 0 aromatic heterocycles. The van der Waals surface area contributed by atoms with Gasteiger partial charge in [0.1, 0.15) is 5.78 Å². The molecule has 122 valence electrons. The van der Waals surface area contributed by atoms with E-state index in [1.54, 1.807) is 0 Å². The fourth-order valence-corrected chi connectivity index (χ4v) is 8.01. The Morgan fingerprint density at radius 3 is 2.05 bits per heavy atom. The Bertz CT molecular complexity index is 455. The summed E-state index contributed by atoms with van der Waals surface area (Å²) in [6, 6.07) is 0. The summed E-state index contributed by atoms with van der Waals surface area (Å²) in [7, 11) is 0. The van der Waals surface area contributed by atoms with E-state index in [1.165, 1.54) is 77.0 Å². The second-order valence-electron chi connectivity index (χ2n) is 9.35. The molecule has 5 rings (SSSR count). The first kappa shape index (κ1) is 14.1. The molecule has 22 heavy (non-hydrogen) atoms. The number of fused-ring (bicyclic) bond motifs is 7. The molecule has 0 heterocycles. The van der Waals surface area contributed by atoms with E-state index >= 15 is 0 Å². The first-order valence-electron chi connectivity index (χ1n) is 10.4. The summed E-state index contributed by atoms with van der Waals surface area (Å²) in [6.07, 6.45) is 17.0. The van der Waals surface area contributed by atoms with Gasteiger partial charge >= 0.3 is 0 Å². The maximum atomic E-state index is 13.3. The van der Waals surface area contributed by atoms with Crippen LogP contribution >= 0.6 is 0 Å². The lowest BCUT2D eigenvalue weighted by molar-refractivity contribution is -0.129. The molecule has 0 radical (unpaired) electrons. The van der Waals surface area contributed by atoms with Gasteiger partial charge in [-0.25, -0.2) is 0 Å². The molecule has 0 aliphatic heterocycles. The average Bonchev–Trinajstić information content (AvgIpc) is 2.88. The average molecular weight is 300 g/mol. The van der Waals surface area contributed by atoms with Gasteiger partial charge in [0, 0.05) is 11.8 Å². The van der Waals surface area contributed by atoms with Crippen LogP contribution in [-0.4, -0.2) is 5.78 Å². The van der Waals surface area contributed by atoms with Crippen molar-refractivity contribution in [3.63, 3.8) is 0 Å². The Labute approximate surface area is 135 Å². The summed E-state index contributed by atoms with van der Waals surface area (Å²) in [6.45, 7) is 0. The predicted octanol–water partition coefficient (Wildman–Crippen LogP) is 5.23. The molecule has 0 aromatic carbocycles. The summed E-state index contributed by atoms with van der Waals surface area (Å²) in [5.74, 6) is 7.04. The maximum Gasteiger partial charge on any atom is 0.139 e. The van der Waals surface area contributed by atoms with Crippen molar-refractivity contribution in [3.05, 3.63) is 0 Å². The van der Waals surface area contributed by atoms with Crippen LogP contribution in [-0.2, 0) is 4.79 Å². The largest absolute Gasteiger partial charge is 0.299 e. The van der Waals surface area contributed by atoms with Crippen LogP contribution in [0.25, 0.3) is 0 Å². The summed E-state index contributed by atoms with van der Waals surface area (Å²) in [5.41, 5.74) is 0. The van der Waals surface area contributed by atoms with Crippen molar-refractivity contribution < 1.29 is 4.79 Å². The van der Waals surface area contributed by atoms with Gasteiger partial charge in [0.05, 0.1) is 0 Å². The van der Waals surface area contributed by atoms with E-state index in [1.807, 2.05) is 0 Å². The van der Waals surface area contributed by atoms with Crippen molar-refractivity contribution in [1.29, 1.82) is 0 Å². The molecule has 8 unspecified atom stereocenters. The molecular weight excluding hydrogens is 268 g/mol. The number of ketones is 1. The molecular formula is C21H32O. The summed E-state index contributed by atoms with van der Waals surface area (Å²) in [5, 5.41) is 0. The molecule has 8 atom stereocenters. The third kappa shape index (κ3) is 1.93. The predicted molar refractivity (Wildman–Crippen MR) is 88.3 cm³/mol. The molecule has 1 heteroatoms. The SMILES string of the molecule is O=C1C2CCC3CCCCC3C2C2CCC3CCCCC3C12. The highest BCUT2D eigenvalue weighted by Crippen LogP contribution is 2.61. The normalized spacial score (nSPS) is 54.1. The Kier molecular flexibility index (Phi) is 3.42. The molecule has 0 bridgehead atoms. The Morgan fingerprint density at radius 2 is 1.23 bits per heavy atom. The summed E-state index contributed by atoms with van der Waals surface area (Å²) >= 11 is 0. The summed E-state index contributed by atoms with van der Waals surface area (Å²) in [4.78, 5) is 13.3. The zero-order chi connectivity index (χ0) is 14.7. The van der Waals surface area contributed by atoms with Crippen LogP contribution in [0.2, 0.25) is 0 Å². The van der Waals surface area contributed by atoms with Crippen molar-refractivity contribution >= 4 is 5.78 Å². The fourth-order valence-electron chi connectivity index (χ4n) is 8.01. The highest BCUT2D eigenvalue weighted by atomic mass is 16.1. The smallest absolute Gasteiger partial charge is 0.139 e. The van der Waals surface area contributed by atoms with Gasteiger partial charge < -0.3 is 0 Å². The topological polar surface area (TPSA) is 17.1 Å². The molecule has 5 aliphatic carbocycles. The van der Waals surface area contributed by atoms with Crippen molar-refractivity contribution in [2.24, 2.45) is 47.3 Å². The third-order valence-corrected chi connectivity index (χ3v) is 8.72. The van der Waals surface area contributed by atoms with Gasteiger partial charge in [0.25, 0.3) is 0 Å². The number of hydrogen-bond acceptors (Lipinski definition) is 1. The van der Waals surface area contributed by atoms with Crippen LogP contribution in [0.5, 0.6) is 0 Å². The van der Waals surface area contributed by atoms with Crippen LogP contribution < -0.4 is 0 Å². The molecule has 0 spiro atoms. The first-order valence-corrected chi connectivity index (χ1v) is 10.4. The van der Waals surface area contributed by atoms with E-state index in [2.05, 4.69) is 0 Å². The zero-order valence-electron chi connectivity index (χ0n) is 14.0. The van der Waals surface area contributed by atoms with Crippen LogP contribution in [0, 0.1) is 47.3 Å². The molecule has 0 saturated heterocycles. The number of rotatable bonds is 0. The monoisotopic (exact) mass is 300 g/mol. The molecule has 5 saturated carbocycles. The molecule has 5 fully saturated rings. The lowest BCUT2D eigenvalue weighted by atomic mass is 9.57. The van der Waals surface area contributed by atoms with Crippen molar-refractivity contribution in [2.45, 2.75) is 77.0 Å². The van der Waals surface area contributed by atoms with Gasteiger partial charge in [-0.3, -0.25) is 4.79 Å². The van der Waals surface area contributed by atoms with Crippen LogP contribution in [0.15, 0.2) is 0 Å². The van der Waals surface area contributed by atoms with E-state index in [-0.39, 0.29) is 0 Å². The van der Waals surface area contributed by atoms with E-state index in [0.717, 1.165) is 41.3 Å². The Balaban J connectivity index is 1.47. The number of hydrogen-bond donors (Lipinski definition) is 0. The fraction of sp³-hybridized carbons (Fsp3) is 0.952. The van der Waals surface area contributed by atoms with E-state index in [9.17, 15) is 4.79 Å². The molecule has 5 aliphatic rings. The van der Waals surface area contributed by atoms with Crippen molar-refractivity contribution in [3.8, 4) is 0 Å². The second kappa shape index (κ2) is 5.35. The molecule has 1 nitrogen and oxygen atoms in total. The van der Waals surface area contributed by atoms with Gasteiger partial charge in [-0.15, -0.1) is 0 Å². The van der Waals surface area contributed by atoms with Gasteiger partial charge in [0.15, 0.2) is 0 Å². The second-order valence-corrected chi connectivity index (χ2v) is 9.35. The molecule has 0 N–H and O–H groups in total. The van der Waals surface area contributed by atoms with Crippen LogP contribution in [0.3, 0.4) is 0 Å². The molecule has 0 aromatic rings. The quantitative estimate of drug-likeness (QED) is 0.598. The Morgan fingerprint density at radius 1 is 0.591 bits per heavy atom. The molecule has 0 amide bonds. The zero-order valence-corrected chi connectivity index (χ0v) is 14.0. The van der Waals surface area contributed by atoms with E-state index in [0.29, 0.717) is 11.8 Å². The number of Topliss-reactive ketones (excluding diaryl/α,β-unsaturated/α-hetero) is 1. The maximum absolute atomic E-state index is 13.3. The number of carbonyl (C=O) groups excluding carboxylic acids is 1. The van der Waals surface area contributed by atoms with Gasteiger partial charge in [-0.1, -0.05) is 38.5 Å². The summed E-state index contributed by atoms with van der Waals surface area (Å²) < 4.78 is 0. The van der Waals surface area contributed by atoms with Gasteiger partial charge in [0.2, 0.25) is 0 Å². The lowest BCUT2D eigenvalue weighted by Gasteiger charge is -2.47. The van der Waals surface area contributed by atoms with Crippen molar-refractivity contribution in [1.82, 2.24) is 0 Å². The third-order valence-electron chi connectivity index (χ3n) is 8.72. The van der Waals surface area contributed by atoms with Gasteiger partial charge in [-0.05, 0) is 74.0 Å². The number of carbonyl (C=O) groups is 1. The minimum absolute atomic E-state index is 0.495. The van der Waals surface area contributed by atoms with E-state index in [4.69, 9.17) is 0 Å². The Hall–Kier alpha value is -0.330.